The summed E-state index contributed by atoms with van der Waals surface area (Å²) in [4.78, 5) is 15.4. The maximum Gasteiger partial charge on any atom is 0.166 e. The van der Waals surface area contributed by atoms with E-state index in [9.17, 15) is 4.11 Å². The SMILES string of the molecule is [2H]c1cc([2H])c2c(c1[2H])c1c([2H])c([2H])c([2H])c([2H])c1n2-c1ccccc1-c1nc(-c2cccc(-c3c([2H])c([2H])c([2H])c4c3oc3c([2H])c([2H])c([2H])c([2H])c34)c2)nc(-c2ccc3c4ccccc4c4ccccc4c3c2)n1. The summed E-state index contributed by atoms with van der Waals surface area (Å²) in [6.45, 7) is 0. The molecule has 0 atom stereocenters. The van der Waals surface area contributed by atoms with Crippen molar-refractivity contribution in [1.29, 1.82) is 0 Å². The van der Waals surface area contributed by atoms with Crippen LogP contribution in [0.2, 0.25) is 0 Å². The average molecular weight is 805 g/mol. The summed E-state index contributed by atoms with van der Waals surface area (Å²) in [5.41, 5.74) is 1.81. The van der Waals surface area contributed by atoms with E-state index in [4.69, 9.17) is 34.4 Å². The summed E-state index contributed by atoms with van der Waals surface area (Å²) in [6.07, 6.45) is 0. The maximum atomic E-state index is 9.24. The van der Waals surface area contributed by atoms with Gasteiger partial charge in [0.2, 0.25) is 0 Å². The van der Waals surface area contributed by atoms with E-state index in [1.165, 1.54) is 10.6 Å². The van der Waals surface area contributed by atoms with Crippen molar-refractivity contribution in [3.05, 3.63) is 206 Å². The van der Waals surface area contributed by atoms with E-state index in [2.05, 4.69) is 24.3 Å². The third kappa shape index (κ3) is 5.25. The second-order valence-corrected chi connectivity index (χ2v) is 14.9. The van der Waals surface area contributed by atoms with Gasteiger partial charge in [-0.3, -0.25) is 0 Å². The molecular weight excluding hydrogens is 757 g/mol. The van der Waals surface area contributed by atoms with Gasteiger partial charge in [0.1, 0.15) is 11.2 Å². The van der Waals surface area contributed by atoms with E-state index in [0.29, 0.717) is 27.9 Å². The van der Waals surface area contributed by atoms with E-state index >= 15 is 0 Å². The van der Waals surface area contributed by atoms with Crippen LogP contribution in [0.5, 0.6) is 0 Å². The molecule has 0 fully saturated rings. The van der Waals surface area contributed by atoms with Gasteiger partial charge in [0, 0.05) is 43.8 Å². The standard InChI is InChI=1S/C57H34N4O/c1-2-19-41-39(17-1)40-18-3-4-20-42(40)49-34-37(31-32-43(41)49)56-58-55(36-16-13-15-35(33-36)38-25-14-26-47-46-23-8-12-30-53(46)62-54(38)47)59-57(60-56)48-24-7-11-29-52(48)61-50-27-9-5-21-44(50)45-22-6-10-28-51(45)61/h1-34H/i5D,6D,8D,9D,12D,14D,21D,22D,23D,25D,26D,27D,28D,30D. The minimum atomic E-state index is -0.536. The summed E-state index contributed by atoms with van der Waals surface area (Å²) in [6, 6.07) is 31.2. The summed E-state index contributed by atoms with van der Waals surface area (Å²) in [5.74, 6) is 0.465. The highest BCUT2D eigenvalue weighted by atomic mass is 16.3. The molecule has 13 aromatic rings. The van der Waals surface area contributed by atoms with Crippen molar-refractivity contribution < 1.29 is 23.6 Å². The molecule has 0 bridgehead atoms. The number of benzene rings is 10. The van der Waals surface area contributed by atoms with Gasteiger partial charge in [0.25, 0.3) is 0 Å². The molecule has 0 aliphatic carbocycles. The zero-order valence-corrected chi connectivity index (χ0v) is 32.2. The van der Waals surface area contributed by atoms with Crippen LogP contribution in [0.25, 0.3) is 127 Å². The van der Waals surface area contributed by atoms with Gasteiger partial charge < -0.3 is 8.98 Å². The largest absolute Gasteiger partial charge is 0.455 e. The van der Waals surface area contributed by atoms with Crippen molar-refractivity contribution >= 4 is 76.1 Å². The van der Waals surface area contributed by atoms with Crippen LogP contribution in [0, 0.1) is 0 Å². The Bertz CT molecular complexity index is 4750. The molecule has 0 saturated carbocycles. The smallest absolute Gasteiger partial charge is 0.166 e. The van der Waals surface area contributed by atoms with Crippen molar-refractivity contribution in [2.75, 3.05) is 0 Å². The van der Waals surface area contributed by atoms with Crippen molar-refractivity contribution in [1.82, 2.24) is 19.5 Å². The molecule has 10 aromatic carbocycles. The molecule has 5 nitrogen and oxygen atoms in total. The first-order valence-electron chi connectivity index (χ1n) is 26.8. The van der Waals surface area contributed by atoms with Gasteiger partial charge in [-0.1, -0.05) is 164 Å². The van der Waals surface area contributed by atoms with Crippen LogP contribution >= 0.6 is 0 Å². The Kier molecular flexibility index (Phi) is 5.12. The quantitative estimate of drug-likeness (QED) is 0.163. The predicted molar refractivity (Wildman–Crippen MR) is 256 cm³/mol. The highest BCUT2D eigenvalue weighted by Gasteiger charge is 2.20. The monoisotopic (exact) mass is 804 g/mol. The molecule has 3 aromatic heterocycles. The van der Waals surface area contributed by atoms with Gasteiger partial charge >= 0.3 is 0 Å². The van der Waals surface area contributed by atoms with Crippen LogP contribution in [-0.2, 0) is 0 Å². The number of hydrogen-bond acceptors (Lipinski definition) is 4. The van der Waals surface area contributed by atoms with Gasteiger partial charge in [-0.25, -0.2) is 15.0 Å². The van der Waals surface area contributed by atoms with E-state index in [-0.39, 0.29) is 91.0 Å². The minimum Gasteiger partial charge on any atom is -0.455 e. The summed E-state index contributed by atoms with van der Waals surface area (Å²) >= 11 is 0. The summed E-state index contributed by atoms with van der Waals surface area (Å²) in [7, 11) is 0. The van der Waals surface area contributed by atoms with Crippen molar-refractivity contribution in [2.45, 2.75) is 0 Å². The van der Waals surface area contributed by atoms with E-state index < -0.39 is 60.4 Å². The second kappa shape index (κ2) is 13.6. The fourth-order valence-corrected chi connectivity index (χ4v) is 8.71. The third-order valence-electron chi connectivity index (χ3n) is 11.4. The predicted octanol–water partition coefficient (Wildman–Crippen LogP) is 15.0. The number of nitrogens with zero attached hydrogens (tertiary/aromatic N) is 4. The number of fused-ring (bicyclic) bond motifs is 12. The lowest BCUT2D eigenvalue weighted by Crippen LogP contribution is -2.03. The third-order valence-corrected chi connectivity index (χ3v) is 11.4. The lowest BCUT2D eigenvalue weighted by molar-refractivity contribution is 0.670. The lowest BCUT2D eigenvalue weighted by atomic mass is 9.93. The van der Waals surface area contributed by atoms with Crippen LogP contribution in [0.3, 0.4) is 0 Å². The van der Waals surface area contributed by atoms with E-state index in [1.54, 1.807) is 48.5 Å². The van der Waals surface area contributed by atoms with Gasteiger partial charge in [-0.15, -0.1) is 0 Å². The van der Waals surface area contributed by atoms with Crippen LogP contribution in [0.1, 0.15) is 19.2 Å². The Morgan fingerprint density at radius 1 is 0.371 bits per heavy atom. The number of hydrogen-bond donors (Lipinski definition) is 0. The fraction of sp³-hybridized carbons (Fsp3) is 0. The average Bonchev–Trinajstić information content (AvgIpc) is 4.25. The van der Waals surface area contributed by atoms with Crippen LogP contribution < -0.4 is 0 Å². The molecular formula is C57H34N4O. The molecule has 5 heteroatoms. The molecule has 0 unspecified atom stereocenters. The molecule has 3 heterocycles. The van der Waals surface area contributed by atoms with Crippen LogP contribution in [-0.4, -0.2) is 19.5 Å². The second-order valence-electron chi connectivity index (χ2n) is 14.9. The molecule has 0 N–H and O–H groups in total. The van der Waals surface area contributed by atoms with Crippen molar-refractivity contribution in [3.63, 3.8) is 0 Å². The first-order chi connectivity index (χ1) is 36.5. The molecule has 62 heavy (non-hydrogen) atoms. The molecule has 0 aliphatic heterocycles. The Morgan fingerprint density at radius 2 is 0.968 bits per heavy atom. The van der Waals surface area contributed by atoms with E-state index in [0.717, 1.165) is 32.3 Å². The number of para-hydroxylation sites is 5. The van der Waals surface area contributed by atoms with Crippen LogP contribution in [0.4, 0.5) is 0 Å². The van der Waals surface area contributed by atoms with Gasteiger partial charge in [-0.05, 0) is 80.3 Å². The molecule has 0 spiro atoms. The maximum absolute atomic E-state index is 9.24. The summed E-state index contributed by atoms with van der Waals surface area (Å²) in [5, 5.41) is 6.01. The first kappa shape index (κ1) is 23.4. The van der Waals surface area contributed by atoms with Crippen LogP contribution in [0.15, 0.2) is 210 Å². The summed E-state index contributed by atoms with van der Waals surface area (Å²) < 4.78 is 131. The Balaban J connectivity index is 1.10. The lowest BCUT2D eigenvalue weighted by Gasteiger charge is -2.15. The van der Waals surface area contributed by atoms with Gasteiger partial charge in [0.15, 0.2) is 17.5 Å². The fourth-order valence-electron chi connectivity index (χ4n) is 8.71. The topological polar surface area (TPSA) is 56.7 Å². The molecule has 0 amide bonds. The van der Waals surface area contributed by atoms with Gasteiger partial charge in [-0.2, -0.15) is 0 Å². The highest BCUT2D eigenvalue weighted by Crippen LogP contribution is 2.40. The zero-order valence-electron chi connectivity index (χ0n) is 46.2. The number of rotatable bonds is 5. The normalized spacial score (nSPS) is 15.0. The van der Waals surface area contributed by atoms with Gasteiger partial charge in [0.05, 0.1) is 35.9 Å². The Morgan fingerprint density at radius 3 is 1.77 bits per heavy atom. The van der Waals surface area contributed by atoms with Crippen molar-refractivity contribution in [2.24, 2.45) is 0 Å². The van der Waals surface area contributed by atoms with Crippen molar-refractivity contribution in [3.8, 4) is 51.0 Å². The number of aromatic nitrogens is 4. The Labute approximate surface area is 375 Å². The minimum absolute atomic E-state index is 0.0128. The molecule has 288 valence electrons. The molecule has 13 rings (SSSR count). The molecule has 0 saturated heterocycles. The zero-order chi connectivity index (χ0) is 52.9. The first-order valence-corrected chi connectivity index (χ1v) is 19.8. The molecule has 0 radical (unpaired) electrons. The Hall–Kier alpha value is -8.41. The molecule has 0 aliphatic rings. The van der Waals surface area contributed by atoms with E-state index in [1.807, 2.05) is 42.5 Å². The highest BCUT2D eigenvalue weighted by molar-refractivity contribution is 6.25. The number of furan rings is 1.